The monoisotopic (exact) mass is 270 g/mol. The number of pyridine rings is 1. The maximum Gasteiger partial charge on any atom is 0.226 e. The average Bonchev–Trinajstić information content (AvgIpc) is 2.92. The molecule has 102 valence electrons. The zero-order valence-electron chi connectivity index (χ0n) is 11.0. The normalized spacial score (nSPS) is 11.1. The van der Waals surface area contributed by atoms with Gasteiger partial charge in [0.1, 0.15) is 0 Å². The quantitative estimate of drug-likeness (QED) is 0.750. The summed E-state index contributed by atoms with van der Waals surface area (Å²) in [4.78, 5) is 4.34. The SMILES string of the molecule is Cc1nc2nonc2c(N)c1Cc1ccc(CO)cc1. The highest BCUT2D eigenvalue weighted by Gasteiger charge is 2.14. The summed E-state index contributed by atoms with van der Waals surface area (Å²) in [6.07, 6.45) is 0.652. The highest BCUT2D eigenvalue weighted by molar-refractivity contribution is 5.85. The molecule has 20 heavy (non-hydrogen) atoms. The Morgan fingerprint density at radius 2 is 1.85 bits per heavy atom. The third-order valence-electron chi connectivity index (χ3n) is 3.35. The molecule has 0 radical (unpaired) electrons. The molecule has 3 N–H and O–H groups in total. The molecule has 0 amide bonds. The number of benzene rings is 1. The van der Waals surface area contributed by atoms with E-state index in [-0.39, 0.29) is 6.61 Å². The highest BCUT2D eigenvalue weighted by atomic mass is 16.6. The molecule has 2 aromatic heterocycles. The Morgan fingerprint density at radius 1 is 1.15 bits per heavy atom. The summed E-state index contributed by atoms with van der Waals surface area (Å²) in [6.45, 7) is 1.93. The number of anilines is 1. The number of hydrogen-bond donors (Lipinski definition) is 2. The Kier molecular flexibility index (Phi) is 3.08. The Morgan fingerprint density at radius 3 is 2.55 bits per heavy atom. The molecule has 0 fully saturated rings. The van der Waals surface area contributed by atoms with Gasteiger partial charge in [-0.3, -0.25) is 0 Å². The lowest BCUT2D eigenvalue weighted by Crippen LogP contribution is -2.02. The fraction of sp³-hybridized carbons (Fsp3) is 0.214. The number of aliphatic hydroxyl groups excluding tert-OH is 1. The minimum absolute atomic E-state index is 0.0412. The number of rotatable bonds is 3. The first-order valence-corrected chi connectivity index (χ1v) is 6.25. The first-order chi connectivity index (χ1) is 9.69. The fourth-order valence-corrected chi connectivity index (χ4v) is 2.18. The van der Waals surface area contributed by atoms with Crippen molar-refractivity contribution in [2.75, 3.05) is 5.73 Å². The van der Waals surface area contributed by atoms with Crippen LogP contribution in [-0.4, -0.2) is 20.4 Å². The van der Waals surface area contributed by atoms with Crippen LogP contribution in [0.5, 0.6) is 0 Å². The van der Waals surface area contributed by atoms with Gasteiger partial charge in [0.2, 0.25) is 5.65 Å². The van der Waals surface area contributed by atoms with Gasteiger partial charge in [-0.1, -0.05) is 24.3 Å². The fourth-order valence-electron chi connectivity index (χ4n) is 2.18. The van der Waals surface area contributed by atoms with Gasteiger partial charge in [0.05, 0.1) is 12.3 Å². The number of nitrogen functional groups attached to an aromatic ring is 1. The van der Waals surface area contributed by atoms with Gasteiger partial charge in [0, 0.05) is 17.7 Å². The van der Waals surface area contributed by atoms with E-state index in [1.54, 1.807) is 0 Å². The molecule has 0 spiro atoms. The Hall–Kier alpha value is -2.47. The molecule has 6 nitrogen and oxygen atoms in total. The van der Waals surface area contributed by atoms with Gasteiger partial charge in [-0.05, 0) is 28.4 Å². The van der Waals surface area contributed by atoms with Crippen molar-refractivity contribution < 1.29 is 9.74 Å². The van der Waals surface area contributed by atoms with Crippen LogP contribution in [-0.2, 0) is 13.0 Å². The van der Waals surface area contributed by atoms with Crippen molar-refractivity contribution in [2.45, 2.75) is 20.0 Å². The van der Waals surface area contributed by atoms with Crippen molar-refractivity contribution in [3.63, 3.8) is 0 Å². The molecule has 0 bridgehead atoms. The molecule has 1 aromatic carbocycles. The van der Waals surface area contributed by atoms with Crippen LogP contribution in [0.4, 0.5) is 5.69 Å². The minimum atomic E-state index is 0.0412. The summed E-state index contributed by atoms with van der Waals surface area (Å²) < 4.78 is 4.67. The van der Waals surface area contributed by atoms with Gasteiger partial charge >= 0.3 is 0 Å². The number of nitrogens with zero attached hydrogens (tertiary/aromatic N) is 3. The van der Waals surface area contributed by atoms with E-state index >= 15 is 0 Å². The van der Waals surface area contributed by atoms with Crippen molar-refractivity contribution in [1.29, 1.82) is 0 Å². The highest BCUT2D eigenvalue weighted by Crippen LogP contribution is 2.25. The van der Waals surface area contributed by atoms with Gasteiger partial charge < -0.3 is 10.8 Å². The molecule has 0 saturated heterocycles. The smallest absolute Gasteiger partial charge is 0.226 e. The second kappa shape index (κ2) is 4.90. The van der Waals surface area contributed by atoms with Crippen LogP contribution in [0.2, 0.25) is 0 Å². The van der Waals surface area contributed by atoms with Crippen LogP contribution < -0.4 is 5.73 Å². The average molecular weight is 270 g/mol. The zero-order valence-corrected chi connectivity index (χ0v) is 11.0. The second-order valence-electron chi connectivity index (χ2n) is 4.68. The molecule has 2 heterocycles. The lowest BCUT2D eigenvalue weighted by molar-refractivity contribution is 0.282. The Labute approximate surface area is 115 Å². The molecule has 3 aromatic rings. The zero-order chi connectivity index (χ0) is 14.1. The van der Waals surface area contributed by atoms with Gasteiger partial charge in [-0.25, -0.2) is 9.61 Å². The first-order valence-electron chi connectivity index (χ1n) is 6.25. The Bertz CT molecular complexity index is 750. The predicted molar refractivity (Wildman–Crippen MR) is 73.9 cm³/mol. The van der Waals surface area contributed by atoms with Crippen LogP contribution in [0.3, 0.4) is 0 Å². The topological polar surface area (TPSA) is 98.1 Å². The van der Waals surface area contributed by atoms with Crippen LogP contribution in [0.25, 0.3) is 11.2 Å². The molecule has 0 aliphatic rings. The summed E-state index contributed by atoms with van der Waals surface area (Å²) in [5.41, 5.74) is 11.3. The van der Waals surface area contributed by atoms with E-state index in [1.807, 2.05) is 31.2 Å². The third-order valence-corrected chi connectivity index (χ3v) is 3.35. The van der Waals surface area contributed by atoms with E-state index in [1.165, 1.54) is 0 Å². The Balaban J connectivity index is 2.00. The second-order valence-corrected chi connectivity index (χ2v) is 4.68. The van der Waals surface area contributed by atoms with Crippen molar-refractivity contribution in [3.05, 3.63) is 46.6 Å². The summed E-state index contributed by atoms with van der Waals surface area (Å²) in [6, 6.07) is 7.72. The van der Waals surface area contributed by atoms with Gasteiger partial charge in [-0.2, -0.15) is 0 Å². The molecular weight excluding hydrogens is 256 g/mol. The molecule has 6 heteroatoms. The third kappa shape index (κ3) is 2.10. The molecule has 0 atom stereocenters. The predicted octanol–water partition coefficient (Wildman–Crippen LogP) is 1.59. The number of aryl methyl sites for hydroxylation is 1. The van der Waals surface area contributed by atoms with Gasteiger partial charge in [0.25, 0.3) is 0 Å². The molecule has 0 aliphatic carbocycles. The van der Waals surface area contributed by atoms with E-state index in [2.05, 4.69) is 19.9 Å². The maximum atomic E-state index is 9.05. The van der Waals surface area contributed by atoms with Crippen molar-refractivity contribution >= 4 is 16.9 Å². The van der Waals surface area contributed by atoms with Crippen molar-refractivity contribution in [1.82, 2.24) is 15.3 Å². The minimum Gasteiger partial charge on any atom is -0.396 e. The number of aromatic nitrogens is 3. The number of hydrogen-bond acceptors (Lipinski definition) is 6. The van der Waals surface area contributed by atoms with E-state index in [0.29, 0.717) is 23.3 Å². The summed E-state index contributed by atoms with van der Waals surface area (Å²) in [7, 11) is 0. The summed E-state index contributed by atoms with van der Waals surface area (Å²) >= 11 is 0. The number of aliphatic hydroxyl groups is 1. The van der Waals surface area contributed by atoms with E-state index < -0.39 is 0 Å². The molecule has 0 saturated carbocycles. The molecule has 3 rings (SSSR count). The van der Waals surface area contributed by atoms with E-state index in [9.17, 15) is 0 Å². The standard InChI is InChI=1S/C14H14N4O2/c1-8-11(6-9-2-4-10(7-19)5-3-9)12(15)13-14(16-8)18-20-17-13/h2-5,19H,6-7,15H2,1H3. The van der Waals surface area contributed by atoms with Crippen molar-refractivity contribution in [3.8, 4) is 0 Å². The van der Waals surface area contributed by atoms with Gasteiger partial charge in [-0.15, -0.1) is 0 Å². The lowest BCUT2D eigenvalue weighted by Gasteiger charge is -2.09. The molecular formula is C14H14N4O2. The van der Waals surface area contributed by atoms with Crippen LogP contribution >= 0.6 is 0 Å². The maximum absolute atomic E-state index is 9.05. The van der Waals surface area contributed by atoms with Crippen LogP contribution in [0, 0.1) is 6.92 Å². The van der Waals surface area contributed by atoms with Crippen LogP contribution in [0.15, 0.2) is 28.9 Å². The largest absolute Gasteiger partial charge is 0.396 e. The summed E-state index contributed by atoms with van der Waals surface area (Å²) in [5, 5.41) is 16.5. The first kappa shape index (κ1) is 12.6. The molecule has 0 aliphatic heterocycles. The lowest BCUT2D eigenvalue weighted by atomic mass is 10.0. The number of fused-ring (bicyclic) bond motifs is 1. The van der Waals surface area contributed by atoms with Crippen molar-refractivity contribution in [2.24, 2.45) is 0 Å². The van der Waals surface area contributed by atoms with E-state index in [0.717, 1.165) is 22.4 Å². The molecule has 0 unspecified atom stereocenters. The number of nitrogens with two attached hydrogens (primary N) is 1. The van der Waals surface area contributed by atoms with E-state index in [4.69, 9.17) is 10.8 Å². The van der Waals surface area contributed by atoms with Crippen LogP contribution in [0.1, 0.15) is 22.4 Å². The van der Waals surface area contributed by atoms with Gasteiger partial charge in [0.15, 0.2) is 5.52 Å². The summed E-state index contributed by atoms with van der Waals surface area (Å²) in [5.74, 6) is 0.